The predicted octanol–water partition coefficient (Wildman–Crippen LogP) is 1.20. The van der Waals surface area contributed by atoms with Crippen LogP contribution >= 0.6 is 11.6 Å². The van der Waals surface area contributed by atoms with Gasteiger partial charge in [0.05, 0.1) is 12.3 Å². The number of hydrogen-bond acceptors (Lipinski definition) is 7. The molecule has 10 heteroatoms. The highest BCUT2D eigenvalue weighted by atomic mass is 35.5. The van der Waals surface area contributed by atoms with Crippen molar-refractivity contribution >= 4 is 23.4 Å². The van der Waals surface area contributed by atoms with Gasteiger partial charge in [-0.3, -0.25) is 25.2 Å². The summed E-state index contributed by atoms with van der Waals surface area (Å²) in [6.07, 6.45) is 10.8. The van der Waals surface area contributed by atoms with Crippen molar-refractivity contribution < 1.29 is 14.4 Å². The smallest absolute Gasteiger partial charge is 0.237 e. The van der Waals surface area contributed by atoms with Crippen molar-refractivity contribution in [3.63, 3.8) is 0 Å². The number of hydroxylamine groups is 1. The number of amides is 2. The fraction of sp³-hybridized carbons (Fsp3) is 0.909. The number of hydrazine groups is 1. The fourth-order valence-corrected chi connectivity index (χ4v) is 5.82. The first-order chi connectivity index (χ1) is 15.6. The molecule has 2 saturated heterocycles. The molecule has 32 heavy (non-hydrogen) atoms. The number of fused-ring (bicyclic) bond motifs is 1. The first kappa shape index (κ1) is 24.2. The van der Waals surface area contributed by atoms with Crippen LogP contribution in [0.3, 0.4) is 0 Å². The van der Waals surface area contributed by atoms with Gasteiger partial charge in [-0.1, -0.05) is 12.8 Å². The Labute approximate surface area is 195 Å². The van der Waals surface area contributed by atoms with Crippen molar-refractivity contribution in [1.29, 1.82) is 0 Å². The van der Waals surface area contributed by atoms with Crippen LogP contribution in [0.25, 0.3) is 0 Å². The van der Waals surface area contributed by atoms with Crippen molar-refractivity contribution in [2.75, 3.05) is 13.1 Å². The summed E-state index contributed by atoms with van der Waals surface area (Å²) in [4.78, 5) is 29.9. The number of carbonyl (C=O) groups is 2. The molecule has 4 aliphatic rings. The number of nitrogens with one attached hydrogen (secondary N) is 6. The van der Waals surface area contributed by atoms with Crippen LogP contribution in [0.4, 0.5) is 0 Å². The number of alkyl halides is 1. The third kappa shape index (κ3) is 6.55. The third-order valence-corrected chi connectivity index (χ3v) is 7.92. The van der Waals surface area contributed by atoms with Crippen LogP contribution in [0.15, 0.2) is 0 Å². The lowest BCUT2D eigenvalue weighted by Crippen LogP contribution is -2.64. The monoisotopic (exact) mass is 470 g/mol. The maximum atomic E-state index is 12.2. The van der Waals surface area contributed by atoms with Gasteiger partial charge in [-0.15, -0.1) is 11.6 Å². The summed E-state index contributed by atoms with van der Waals surface area (Å²) < 4.78 is 0. The zero-order chi connectivity index (χ0) is 22.3. The number of carbonyl (C=O) groups excluding carboxylic acids is 2. The van der Waals surface area contributed by atoms with Gasteiger partial charge in [0.15, 0.2) is 0 Å². The van der Waals surface area contributed by atoms with Crippen LogP contribution < -0.4 is 32.3 Å². The molecule has 2 saturated carbocycles. The Bertz CT molecular complexity index is 633. The second kappa shape index (κ2) is 11.9. The molecular weight excluding hydrogens is 432 g/mol. The van der Waals surface area contributed by atoms with Crippen LogP contribution in [-0.4, -0.2) is 48.8 Å². The number of hydrogen-bond donors (Lipinski definition) is 6. The molecule has 0 bridgehead atoms. The number of halogens is 1. The van der Waals surface area contributed by atoms with E-state index in [4.69, 9.17) is 16.4 Å². The SMILES string of the molecule is O=C(CCC1NC(C2CCC(Cl)CC2)NO1)NCCCNC1NNC(=O)C2CCCCC12. The molecule has 5 atom stereocenters. The van der Waals surface area contributed by atoms with Crippen molar-refractivity contribution in [3.05, 3.63) is 0 Å². The molecule has 2 aliphatic carbocycles. The van der Waals surface area contributed by atoms with E-state index in [1.807, 2.05) is 0 Å². The van der Waals surface area contributed by atoms with Gasteiger partial charge in [0.2, 0.25) is 11.8 Å². The molecule has 182 valence electrons. The second-order valence-corrected chi connectivity index (χ2v) is 10.4. The highest BCUT2D eigenvalue weighted by Gasteiger charge is 2.39. The van der Waals surface area contributed by atoms with Crippen molar-refractivity contribution in [2.45, 2.75) is 94.6 Å². The summed E-state index contributed by atoms with van der Waals surface area (Å²) >= 11 is 6.20. The van der Waals surface area contributed by atoms with Gasteiger partial charge in [0, 0.05) is 30.2 Å². The Morgan fingerprint density at radius 1 is 1.09 bits per heavy atom. The van der Waals surface area contributed by atoms with E-state index in [1.165, 1.54) is 6.42 Å². The van der Waals surface area contributed by atoms with E-state index in [0.717, 1.165) is 57.9 Å². The number of rotatable bonds is 9. The lowest BCUT2D eigenvalue weighted by Gasteiger charge is -2.41. The summed E-state index contributed by atoms with van der Waals surface area (Å²) in [5, 5.41) is 10.3. The van der Waals surface area contributed by atoms with Crippen molar-refractivity contribution in [2.24, 2.45) is 17.8 Å². The molecular formula is C22H39ClN6O3. The Morgan fingerprint density at radius 3 is 2.75 bits per heavy atom. The molecule has 6 N–H and O–H groups in total. The lowest BCUT2D eigenvalue weighted by molar-refractivity contribution is -0.134. The Hall–Kier alpha value is -0.970. The summed E-state index contributed by atoms with van der Waals surface area (Å²) in [5.41, 5.74) is 9.03. The normalized spacial score (nSPS) is 37.5. The molecule has 2 aliphatic heterocycles. The molecule has 4 rings (SSSR count). The molecule has 0 aromatic carbocycles. The Balaban J connectivity index is 1.05. The van der Waals surface area contributed by atoms with Gasteiger partial charge >= 0.3 is 0 Å². The lowest BCUT2D eigenvalue weighted by atomic mass is 9.76. The second-order valence-electron chi connectivity index (χ2n) is 9.74. The van der Waals surface area contributed by atoms with Crippen molar-refractivity contribution in [3.8, 4) is 0 Å². The molecule has 2 heterocycles. The first-order valence-corrected chi connectivity index (χ1v) is 12.9. The van der Waals surface area contributed by atoms with Gasteiger partial charge in [0.1, 0.15) is 6.23 Å². The highest BCUT2D eigenvalue weighted by molar-refractivity contribution is 6.20. The zero-order valence-corrected chi connectivity index (χ0v) is 19.6. The van der Waals surface area contributed by atoms with Crippen molar-refractivity contribution in [1.82, 2.24) is 32.3 Å². The van der Waals surface area contributed by atoms with Crippen LogP contribution in [0, 0.1) is 17.8 Å². The molecule has 5 unspecified atom stereocenters. The molecule has 4 fully saturated rings. The fourth-order valence-electron chi connectivity index (χ4n) is 5.57. The van der Waals surface area contributed by atoms with E-state index < -0.39 is 0 Å². The minimum Gasteiger partial charge on any atom is -0.356 e. The van der Waals surface area contributed by atoms with Gasteiger partial charge in [0.25, 0.3) is 0 Å². The summed E-state index contributed by atoms with van der Waals surface area (Å²) in [7, 11) is 0. The minimum absolute atomic E-state index is 0.0527. The van der Waals surface area contributed by atoms with Gasteiger partial charge in [-0.2, -0.15) is 5.48 Å². The van der Waals surface area contributed by atoms with E-state index in [0.29, 0.717) is 36.6 Å². The molecule has 0 aromatic rings. The summed E-state index contributed by atoms with van der Waals surface area (Å²) in [6.45, 7) is 1.43. The largest absolute Gasteiger partial charge is 0.356 e. The third-order valence-electron chi connectivity index (χ3n) is 7.48. The van der Waals surface area contributed by atoms with Crippen LogP contribution in [0.5, 0.6) is 0 Å². The predicted molar refractivity (Wildman–Crippen MR) is 122 cm³/mol. The minimum atomic E-state index is -0.128. The van der Waals surface area contributed by atoms with E-state index in [2.05, 4.69) is 32.3 Å². The van der Waals surface area contributed by atoms with Crippen LogP contribution in [0.2, 0.25) is 0 Å². The topological polar surface area (TPSA) is 116 Å². The first-order valence-electron chi connectivity index (χ1n) is 12.5. The van der Waals surface area contributed by atoms with E-state index in [-0.39, 0.29) is 36.3 Å². The molecule has 9 nitrogen and oxygen atoms in total. The van der Waals surface area contributed by atoms with Gasteiger partial charge in [-0.05, 0) is 63.8 Å². The van der Waals surface area contributed by atoms with Crippen LogP contribution in [-0.2, 0) is 14.4 Å². The standard InChI is InChI=1S/C22H39ClN6O3/c23-15-8-6-14(7-9-15)20-26-19(32-29-20)11-10-18(30)24-12-3-13-25-21-16-4-1-2-5-17(16)22(31)28-27-21/h14-17,19-21,25-27,29H,1-13H2,(H,24,30)(H,28,31). The molecule has 0 aromatic heterocycles. The maximum absolute atomic E-state index is 12.2. The highest BCUT2D eigenvalue weighted by Crippen LogP contribution is 2.33. The van der Waals surface area contributed by atoms with Gasteiger partial charge in [-0.25, -0.2) is 5.43 Å². The van der Waals surface area contributed by atoms with Crippen LogP contribution in [0.1, 0.15) is 70.6 Å². The Kier molecular flexibility index (Phi) is 9.02. The quantitative estimate of drug-likeness (QED) is 0.221. The Morgan fingerprint density at radius 2 is 1.91 bits per heavy atom. The average Bonchev–Trinajstić information content (AvgIpc) is 3.28. The molecule has 2 amide bonds. The van der Waals surface area contributed by atoms with Gasteiger partial charge < -0.3 is 10.6 Å². The molecule has 0 radical (unpaired) electrons. The van der Waals surface area contributed by atoms with E-state index >= 15 is 0 Å². The average molecular weight is 471 g/mol. The van der Waals surface area contributed by atoms with E-state index in [9.17, 15) is 9.59 Å². The summed E-state index contributed by atoms with van der Waals surface area (Å²) in [6, 6.07) is 0. The summed E-state index contributed by atoms with van der Waals surface area (Å²) in [5.74, 6) is 1.19. The maximum Gasteiger partial charge on any atom is 0.237 e. The van der Waals surface area contributed by atoms with E-state index in [1.54, 1.807) is 0 Å². The molecule has 0 spiro atoms. The zero-order valence-electron chi connectivity index (χ0n) is 18.8.